The molecule has 1 N–H and O–H groups in total. The second-order valence-corrected chi connectivity index (χ2v) is 7.12. The van der Waals surface area contributed by atoms with Crippen LogP contribution in [0.5, 0.6) is 0 Å². The van der Waals surface area contributed by atoms with Crippen molar-refractivity contribution in [3.63, 3.8) is 0 Å². The van der Waals surface area contributed by atoms with Crippen LogP contribution < -0.4 is 5.32 Å². The fraction of sp³-hybridized carbons (Fsp3) is 0.556. The van der Waals surface area contributed by atoms with Crippen LogP contribution in [0.3, 0.4) is 0 Å². The van der Waals surface area contributed by atoms with Crippen LogP contribution in [0.25, 0.3) is 0 Å². The first-order valence-corrected chi connectivity index (χ1v) is 9.56. The number of likely N-dealkylation sites (tertiary alicyclic amines) is 1. The number of hydrogen-bond donors (Lipinski definition) is 1. The third-order valence-electron chi connectivity index (χ3n) is 4.01. The molecule has 1 fully saturated rings. The number of thioether (sulfide) groups is 1. The van der Waals surface area contributed by atoms with E-state index in [1.54, 1.807) is 23.9 Å². The summed E-state index contributed by atoms with van der Waals surface area (Å²) in [5.41, 5.74) is 0. The van der Waals surface area contributed by atoms with E-state index in [1.165, 1.54) is 12.1 Å². The van der Waals surface area contributed by atoms with Crippen LogP contribution in [-0.4, -0.2) is 42.1 Å². The first kappa shape index (κ1) is 18.8. The minimum atomic E-state index is -0.250. The quantitative estimate of drug-likeness (QED) is 0.577. The summed E-state index contributed by atoms with van der Waals surface area (Å²) in [5.74, 6) is 0.684. The van der Waals surface area contributed by atoms with Gasteiger partial charge in [0.05, 0.1) is 0 Å². The number of rotatable bonds is 8. The third-order valence-corrected chi connectivity index (χ3v) is 5.02. The van der Waals surface area contributed by atoms with Crippen molar-refractivity contribution in [1.29, 1.82) is 0 Å². The van der Waals surface area contributed by atoms with Crippen molar-refractivity contribution in [2.45, 2.75) is 43.4 Å². The van der Waals surface area contributed by atoms with Gasteiger partial charge in [-0.3, -0.25) is 9.59 Å². The average Bonchev–Trinajstić information content (AvgIpc) is 2.78. The molecule has 6 heteroatoms. The lowest BCUT2D eigenvalue weighted by molar-refractivity contribution is -0.130. The highest BCUT2D eigenvalue weighted by atomic mass is 32.2. The maximum absolute atomic E-state index is 12.8. The molecule has 1 aromatic rings. The van der Waals surface area contributed by atoms with Crippen molar-refractivity contribution >= 4 is 23.6 Å². The minimum absolute atomic E-state index is 0.0202. The molecule has 1 saturated heterocycles. The normalized spacial score (nSPS) is 15.2. The maximum Gasteiger partial charge on any atom is 0.222 e. The second-order valence-electron chi connectivity index (χ2n) is 5.95. The molecule has 0 atom stereocenters. The monoisotopic (exact) mass is 352 g/mol. The van der Waals surface area contributed by atoms with Gasteiger partial charge in [0.15, 0.2) is 0 Å². The molecule has 0 unspecified atom stereocenters. The molecule has 0 aromatic heterocycles. The van der Waals surface area contributed by atoms with Gasteiger partial charge in [0.25, 0.3) is 0 Å². The Morgan fingerprint density at radius 3 is 2.79 bits per heavy atom. The summed E-state index contributed by atoms with van der Waals surface area (Å²) in [5, 5.41) is 2.90. The SMILES string of the molecule is O=C(CCSc1ccc(F)cc1)NCCCN1CCCCCC1=O. The number of amides is 2. The van der Waals surface area contributed by atoms with E-state index < -0.39 is 0 Å². The fourth-order valence-electron chi connectivity index (χ4n) is 2.65. The van der Waals surface area contributed by atoms with Crippen LogP contribution in [0, 0.1) is 5.82 Å². The number of carbonyl (C=O) groups excluding carboxylic acids is 2. The molecule has 132 valence electrons. The van der Waals surface area contributed by atoms with E-state index in [0.717, 1.165) is 43.7 Å². The third kappa shape index (κ3) is 6.91. The Bertz CT molecular complexity index is 536. The van der Waals surface area contributed by atoms with Crippen molar-refractivity contribution < 1.29 is 14.0 Å². The number of nitrogens with zero attached hydrogens (tertiary/aromatic N) is 1. The molecule has 1 aliphatic heterocycles. The lowest BCUT2D eigenvalue weighted by Crippen LogP contribution is -2.34. The molecule has 4 nitrogen and oxygen atoms in total. The molecular weight excluding hydrogens is 327 g/mol. The van der Waals surface area contributed by atoms with Gasteiger partial charge in [-0.05, 0) is 43.5 Å². The summed E-state index contributed by atoms with van der Waals surface area (Å²) in [7, 11) is 0. The highest BCUT2D eigenvalue weighted by molar-refractivity contribution is 7.99. The van der Waals surface area contributed by atoms with Gasteiger partial charge >= 0.3 is 0 Å². The summed E-state index contributed by atoms with van der Waals surface area (Å²) in [6.45, 7) is 2.17. The number of nitrogens with one attached hydrogen (secondary N) is 1. The summed E-state index contributed by atoms with van der Waals surface area (Å²) < 4.78 is 12.8. The molecular formula is C18H25FN2O2S. The number of carbonyl (C=O) groups is 2. The van der Waals surface area contributed by atoms with E-state index in [0.29, 0.717) is 25.1 Å². The number of hydrogen-bond acceptors (Lipinski definition) is 3. The molecule has 0 radical (unpaired) electrons. The van der Waals surface area contributed by atoms with Crippen LogP contribution in [0.4, 0.5) is 4.39 Å². The zero-order valence-electron chi connectivity index (χ0n) is 13.9. The van der Waals surface area contributed by atoms with E-state index in [1.807, 2.05) is 4.90 Å². The van der Waals surface area contributed by atoms with Crippen LogP contribution in [-0.2, 0) is 9.59 Å². The van der Waals surface area contributed by atoms with Crippen LogP contribution in [0.2, 0.25) is 0 Å². The van der Waals surface area contributed by atoms with Gasteiger partial charge in [0, 0.05) is 43.1 Å². The topological polar surface area (TPSA) is 49.4 Å². The van der Waals surface area contributed by atoms with Gasteiger partial charge in [-0.15, -0.1) is 11.8 Å². The Kier molecular flexibility index (Phi) is 8.08. The molecule has 0 saturated carbocycles. The van der Waals surface area contributed by atoms with Crippen molar-refractivity contribution in [3.8, 4) is 0 Å². The second kappa shape index (κ2) is 10.3. The van der Waals surface area contributed by atoms with E-state index >= 15 is 0 Å². The van der Waals surface area contributed by atoms with Gasteiger partial charge in [0.1, 0.15) is 5.82 Å². The van der Waals surface area contributed by atoms with Gasteiger partial charge in [-0.1, -0.05) is 6.42 Å². The molecule has 1 heterocycles. The first-order chi connectivity index (χ1) is 11.6. The summed E-state index contributed by atoms with van der Waals surface area (Å²) >= 11 is 1.54. The first-order valence-electron chi connectivity index (χ1n) is 8.58. The van der Waals surface area contributed by atoms with E-state index in [4.69, 9.17) is 0 Å². The molecule has 1 aromatic carbocycles. The van der Waals surface area contributed by atoms with Gasteiger partial charge in [-0.25, -0.2) is 4.39 Å². The summed E-state index contributed by atoms with van der Waals surface area (Å²) in [6, 6.07) is 6.28. The summed E-state index contributed by atoms with van der Waals surface area (Å²) in [4.78, 5) is 26.5. The largest absolute Gasteiger partial charge is 0.356 e. The molecule has 24 heavy (non-hydrogen) atoms. The highest BCUT2D eigenvalue weighted by Crippen LogP contribution is 2.18. The fourth-order valence-corrected chi connectivity index (χ4v) is 3.51. The molecule has 2 rings (SSSR count). The van der Waals surface area contributed by atoms with Crippen molar-refractivity contribution in [1.82, 2.24) is 10.2 Å². The van der Waals surface area contributed by atoms with Crippen molar-refractivity contribution in [2.24, 2.45) is 0 Å². The maximum atomic E-state index is 12.8. The molecule has 1 aliphatic rings. The van der Waals surface area contributed by atoms with E-state index in [-0.39, 0.29) is 17.6 Å². The molecule has 0 spiro atoms. The smallest absolute Gasteiger partial charge is 0.222 e. The average molecular weight is 352 g/mol. The number of halogens is 1. The zero-order valence-corrected chi connectivity index (χ0v) is 14.7. The van der Waals surface area contributed by atoms with E-state index in [2.05, 4.69) is 5.32 Å². The lowest BCUT2D eigenvalue weighted by atomic mass is 10.2. The van der Waals surface area contributed by atoms with Crippen molar-refractivity contribution in [2.75, 3.05) is 25.4 Å². The van der Waals surface area contributed by atoms with Crippen LogP contribution in [0.15, 0.2) is 29.2 Å². The summed E-state index contributed by atoms with van der Waals surface area (Å²) in [6.07, 6.45) is 5.10. The standard InChI is InChI=1S/C18H25FN2O2S/c19-15-6-8-16(9-7-15)24-14-10-17(22)20-11-4-13-21-12-3-1-2-5-18(21)23/h6-9H,1-5,10-14H2,(H,20,22). The zero-order chi connectivity index (χ0) is 17.2. The van der Waals surface area contributed by atoms with E-state index in [9.17, 15) is 14.0 Å². The Hall–Kier alpha value is -1.56. The predicted molar refractivity (Wildman–Crippen MR) is 94.4 cm³/mol. The van der Waals surface area contributed by atoms with Crippen LogP contribution in [0.1, 0.15) is 38.5 Å². The molecule has 2 amide bonds. The van der Waals surface area contributed by atoms with Gasteiger partial charge < -0.3 is 10.2 Å². The Labute approximate surface area is 147 Å². The van der Waals surface area contributed by atoms with Crippen molar-refractivity contribution in [3.05, 3.63) is 30.1 Å². The van der Waals surface area contributed by atoms with Crippen LogP contribution >= 0.6 is 11.8 Å². The van der Waals surface area contributed by atoms with Gasteiger partial charge in [0.2, 0.25) is 11.8 Å². The molecule has 0 aliphatic carbocycles. The Morgan fingerprint density at radius 1 is 1.21 bits per heavy atom. The predicted octanol–water partition coefficient (Wildman–Crippen LogP) is 3.22. The van der Waals surface area contributed by atoms with Gasteiger partial charge in [-0.2, -0.15) is 0 Å². The Balaban J connectivity index is 1.54. The Morgan fingerprint density at radius 2 is 2.00 bits per heavy atom. The number of benzene rings is 1. The lowest BCUT2D eigenvalue weighted by Gasteiger charge is -2.20. The highest BCUT2D eigenvalue weighted by Gasteiger charge is 2.15. The minimum Gasteiger partial charge on any atom is -0.356 e. The molecule has 0 bridgehead atoms.